The molecule has 0 bridgehead atoms. The zero-order valence-electron chi connectivity index (χ0n) is 11.3. The van der Waals surface area contributed by atoms with Gasteiger partial charge >= 0.3 is 6.03 Å². The summed E-state index contributed by atoms with van der Waals surface area (Å²) >= 11 is 0. The van der Waals surface area contributed by atoms with Crippen LogP contribution < -0.4 is 10.6 Å². The molecule has 3 N–H and O–H groups in total. The predicted octanol–water partition coefficient (Wildman–Crippen LogP) is 1.76. The van der Waals surface area contributed by atoms with Gasteiger partial charge in [-0.2, -0.15) is 5.10 Å². The summed E-state index contributed by atoms with van der Waals surface area (Å²) in [5.74, 6) is 0. The molecule has 2 aromatic rings. The average Bonchev–Trinajstić information content (AvgIpc) is 2.99. The molecule has 20 heavy (non-hydrogen) atoms. The summed E-state index contributed by atoms with van der Waals surface area (Å²) in [6, 6.07) is 8.64. The van der Waals surface area contributed by atoms with Crippen LogP contribution in [0.1, 0.15) is 13.3 Å². The molecule has 2 amide bonds. The maximum atomic E-state index is 11.7. The second-order valence-electron chi connectivity index (χ2n) is 4.38. The maximum Gasteiger partial charge on any atom is 0.319 e. The Morgan fingerprint density at radius 1 is 1.40 bits per heavy atom. The van der Waals surface area contributed by atoms with E-state index < -0.39 is 0 Å². The monoisotopic (exact) mass is 274 g/mol. The Labute approximate surface area is 117 Å². The van der Waals surface area contributed by atoms with Crippen LogP contribution in [0.4, 0.5) is 10.5 Å². The van der Waals surface area contributed by atoms with E-state index in [0.717, 1.165) is 5.69 Å². The molecule has 1 atom stereocenters. The Bertz CT molecular complexity index is 533. The third-order valence-electron chi connectivity index (χ3n) is 2.94. The number of urea groups is 1. The molecular weight excluding hydrogens is 256 g/mol. The zero-order chi connectivity index (χ0) is 14.4. The molecule has 1 aromatic heterocycles. The van der Waals surface area contributed by atoms with Gasteiger partial charge in [-0.15, -0.1) is 0 Å². The van der Waals surface area contributed by atoms with Crippen LogP contribution in [0.2, 0.25) is 0 Å². The number of hydrogen-bond donors (Lipinski definition) is 3. The molecule has 6 heteroatoms. The van der Waals surface area contributed by atoms with Crippen molar-refractivity contribution in [2.45, 2.75) is 19.4 Å². The van der Waals surface area contributed by atoms with Crippen molar-refractivity contribution in [2.24, 2.45) is 0 Å². The molecule has 1 heterocycles. The first kappa shape index (κ1) is 14.1. The van der Waals surface area contributed by atoms with E-state index in [4.69, 9.17) is 5.11 Å². The summed E-state index contributed by atoms with van der Waals surface area (Å²) in [5, 5.41) is 18.6. The van der Waals surface area contributed by atoms with Gasteiger partial charge in [0.2, 0.25) is 0 Å². The Morgan fingerprint density at radius 2 is 2.15 bits per heavy atom. The van der Waals surface area contributed by atoms with Crippen LogP contribution in [-0.2, 0) is 0 Å². The summed E-state index contributed by atoms with van der Waals surface area (Å²) in [6.07, 6.45) is 4.24. The van der Waals surface area contributed by atoms with Gasteiger partial charge in [0.15, 0.2) is 0 Å². The molecule has 106 valence electrons. The minimum absolute atomic E-state index is 0.0673. The number of aromatic nitrogens is 2. The average molecular weight is 274 g/mol. The van der Waals surface area contributed by atoms with Crippen molar-refractivity contribution in [3.8, 4) is 5.69 Å². The minimum Gasteiger partial charge on any atom is -0.394 e. The number of aliphatic hydroxyl groups is 1. The van der Waals surface area contributed by atoms with Gasteiger partial charge in [0.05, 0.1) is 18.3 Å². The summed E-state index contributed by atoms with van der Waals surface area (Å²) in [6.45, 7) is 1.84. The van der Waals surface area contributed by atoms with E-state index in [9.17, 15) is 4.79 Å². The zero-order valence-corrected chi connectivity index (χ0v) is 11.3. The SMILES string of the molecule is CCC(CO)NC(=O)Nc1ccc(-n2cccn2)cc1. The summed E-state index contributed by atoms with van der Waals surface area (Å²) in [4.78, 5) is 11.7. The number of anilines is 1. The molecule has 0 aliphatic heterocycles. The van der Waals surface area contributed by atoms with Crippen molar-refractivity contribution in [3.05, 3.63) is 42.7 Å². The van der Waals surface area contributed by atoms with Gasteiger partial charge in [-0.1, -0.05) is 6.92 Å². The van der Waals surface area contributed by atoms with Crippen molar-refractivity contribution in [2.75, 3.05) is 11.9 Å². The molecule has 6 nitrogen and oxygen atoms in total. The van der Waals surface area contributed by atoms with Gasteiger partial charge in [0, 0.05) is 18.1 Å². The number of rotatable bonds is 5. The van der Waals surface area contributed by atoms with E-state index in [1.165, 1.54) is 0 Å². The first-order valence-corrected chi connectivity index (χ1v) is 6.51. The van der Waals surface area contributed by atoms with Crippen LogP contribution in [0.25, 0.3) is 5.69 Å². The Kier molecular flexibility index (Phi) is 4.73. The van der Waals surface area contributed by atoms with Crippen LogP contribution in [0.3, 0.4) is 0 Å². The van der Waals surface area contributed by atoms with Crippen molar-refractivity contribution in [1.29, 1.82) is 0 Å². The number of benzene rings is 1. The molecular formula is C14H18N4O2. The maximum absolute atomic E-state index is 11.7. The quantitative estimate of drug-likeness (QED) is 0.777. The molecule has 0 saturated heterocycles. The van der Waals surface area contributed by atoms with Gasteiger partial charge in [-0.25, -0.2) is 9.48 Å². The summed E-state index contributed by atoms with van der Waals surface area (Å²) in [7, 11) is 0. The fourth-order valence-electron chi connectivity index (χ4n) is 1.75. The fourth-order valence-corrected chi connectivity index (χ4v) is 1.75. The number of amides is 2. The second-order valence-corrected chi connectivity index (χ2v) is 4.38. The lowest BCUT2D eigenvalue weighted by Crippen LogP contribution is -2.39. The Hall–Kier alpha value is -2.34. The van der Waals surface area contributed by atoms with Gasteiger partial charge in [0.25, 0.3) is 0 Å². The smallest absolute Gasteiger partial charge is 0.319 e. The largest absolute Gasteiger partial charge is 0.394 e. The standard InChI is InChI=1S/C14H18N4O2/c1-2-11(10-19)16-14(20)17-12-4-6-13(7-5-12)18-9-3-8-15-18/h3-9,11,19H,2,10H2,1H3,(H2,16,17,20). The van der Waals surface area contributed by atoms with Crippen LogP contribution in [0.5, 0.6) is 0 Å². The lowest BCUT2D eigenvalue weighted by molar-refractivity contribution is 0.222. The summed E-state index contributed by atoms with van der Waals surface area (Å²) < 4.78 is 1.74. The second kappa shape index (κ2) is 6.72. The molecule has 0 radical (unpaired) electrons. The van der Waals surface area contributed by atoms with E-state index in [0.29, 0.717) is 12.1 Å². The number of nitrogens with zero attached hydrogens (tertiary/aromatic N) is 2. The molecule has 0 aliphatic carbocycles. The van der Waals surface area contributed by atoms with E-state index in [2.05, 4.69) is 15.7 Å². The normalized spacial score (nSPS) is 11.9. The highest BCUT2D eigenvalue weighted by Crippen LogP contribution is 2.12. The van der Waals surface area contributed by atoms with Crippen molar-refractivity contribution in [1.82, 2.24) is 15.1 Å². The van der Waals surface area contributed by atoms with Crippen molar-refractivity contribution < 1.29 is 9.90 Å². The predicted molar refractivity (Wildman–Crippen MR) is 76.9 cm³/mol. The third kappa shape index (κ3) is 3.58. The van der Waals surface area contributed by atoms with Crippen LogP contribution in [0, 0.1) is 0 Å². The van der Waals surface area contributed by atoms with Crippen molar-refractivity contribution in [3.63, 3.8) is 0 Å². The number of carbonyl (C=O) groups excluding carboxylic acids is 1. The third-order valence-corrected chi connectivity index (χ3v) is 2.94. The number of hydrogen-bond acceptors (Lipinski definition) is 3. The molecule has 1 unspecified atom stereocenters. The van der Waals surface area contributed by atoms with E-state index in [1.54, 1.807) is 23.0 Å². The molecule has 0 saturated carbocycles. The number of nitrogens with one attached hydrogen (secondary N) is 2. The Morgan fingerprint density at radius 3 is 2.70 bits per heavy atom. The van der Waals surface area contributed by atoms with E-state index in [-0.39, 0.29) is 18.7 Å². The van der Waals surface area contributed by atoms with Crippen LogP contribution in [-0.4, -0.2) is 33.6 Å². The molecule has 1 aromatic carbocycles. The van der Waals surface area contributed by atoms with Crippen LogP contribution >= 0.6 is 0 Å². The topological polar surface area (TPSA) is 79.2 Å². The van der Waals surface area contributed by atoms with Crippen LogP contribution in [0.15, 0.2) is 42.7 Å². The molecule has 0 aliphatic rings. The van der Waals surface area contributed by atoms with E-state index in [1.807, 2.05) is 31.3 Å². The first-order valence-electron chi connectivity index (χ1n) is 6.51. The lowest BCUT2D eigenvalue weighted by atomic mass is 10.2. The van der Waals surface area contributed by atoms with Gasteiger partial charge in [-0.05, 0) is 36.8 Å². The minimum atomic E-state index is -0.322. The highest BCUT2D eigenvalue weighted by molar-refractivity contribution is 5.89. The van der Waals surface area contributed by atoms with Gasteiger partial charge in [0.1, 0.15) is 0 Å². The highest BCUT2D eigenvalue weighted by atomic mass is 16.3. The molecule has 2 rings (SSSR count). The molecule has 0 fully saturated rings. The Balaban J connectivity index is 1.95. The fraction of sp³-hybridized carbons (Fsp3) is 0.286. The van der Waals surface area contributed by atoms with Gasteiger partial charge < -0.3 is 15.7 Å². The van der Waals surface area contributed by atoms with Crippen molar-refractivity contribution >= 4 is 11.7 Å². The lowest BCUT2D eigenvalue weighted by Gasteiger charge is -2.14. The highest BCUT2D eigenvalue weighted by Gasteiger charge is 2.08. The number of carbonyl (C=O) groups is 1. The summed E-state index contributed by atoms with van der Waals surface area (Å²) in [5.41, 5.74) is 1.61. The molecule has 0 spiro atoms. The van der Waals surface area contributed by atoms with Gasteiger partial charge in [-0.3, -0.25) is 0 Å². The first-order chi connectivity index (χ1) is 9.72. The number of aliphatic hydroxyl groups excluding tert-OH is 1. The van der Waals surface area contributed by atoms with E-state index >= 15 is 0 Å².